The van der Waals surface area contributed by atoms with Crippen molar-refractivity contribution in [3.8, 4) is 5.75 Å². The van der Waals surface area contributed by atoms with E-state index in [0.717, 1.165) is 22.3 Å². The number of nitrogens with one attached hydrogen (secondary N) is 2. The predicted octanol–water partition coefficient (Wildman–Crippen LogP) is 3.87. The van der Waals surface area contributed by atoms with E-state index in [1.165, 1.54) is 12.4 Å². The Morgan fingerprint density at radius 1 is 1.13 bits per heavy atom. The first-order chi connectivity index (χ1) is 11.1. The number of hydrogen-bond donors (Lipinski definition) is 2. The van der Waals surface area contributed by atoms with Crippen LogP contribution in [0.5, 0.6) is 5.75 Å². The van der Waals surface area contributed by atoms with Gasteiger partial charge in [-0.1, -0.05) is 0 Å². The van der Waals surface area contributed by atoms with E-state index in [2.05, 4.69) is 20.6 Å². The van der Waals surface area contributed by atoms with Gasteiger partial charge in [0, 0.05) is 24.2 Å². The second-order valence-corrected chi connectivity index (χ2v) is 5.13. The van der Waals surface area contributed by atoms with Gasteiger partial charge in [-0.3, -0.25) is 0 Å². The number of rotatable bonds is 4. The fourth-order valence-corrected chi connectivity index (χ4v) is 2.41. The molecule has 0 aliphatic rings. The fraction of sp³-hybridized carbons (Fsp3) is 0.176. The highest BCUT2D eigenvalue weighted by atomic mass is 19.1. The standard InChI is InChI=1S/C17H17FN4O/c1-10-6-11(4-5-13(10)18)22-17-12-7-15(19-2)16(23-3)8-14(12)20-9-21-17/h4-9,19H,1-3H3,(H,20,21,22). The molecule has 0 radical (unpaired) electrons. The summed E-state index contributed by atoms with van der Waals surface area (Å²) in [7, 11) is 3.44. The Morgan fingerprint density at radius 2 is 1.96 bits per heavy atom. The van der Waals surface area contributed by atoms with E-state index in [4.69, 9.17) is 4.74 Å². The van der Waals surface area contributed by atoms with Crippen molar-refractivity contribution in [3.63, 3.8) is 0 Å². The van der Waals surface area contributed by atoms with Crippen LogP contribution in [-0.4, -0.2) is 24.1 Å². The number of halogens is 1. The number of anilines is 3. The average molecular weight is 312 g/mol. The summed E-state index contributed by atoms with van der Waals surface area (Å²) in [4.78, 5) is 8.58. The van der Waals surface area contributed by atoms with Crippen LogP contribution in [0.4, 0.5) is 21.6 Å². The first-order valence-electron chi connectivity index (χ1n) is 7.16. The molecule has 1 aromatic heterocycles. The van der Waals surface area contributed by atoms with Crippen LogP contribution in [0.3, 0.4) is 0 Å². The van der Waals surface area contributed by atoms with Crippen molar-refractivity contribution in [2.24, 2.45) is 0 Å². The van der Waals surface area contributed by atoms with E-state index in [0.29, 0.717) is 17.1 Å². The molecule has 2 N–H and O–H groups in total. The molecule has 23 heavy (non-hydrogen) atoms. The smallest absolute Gasteiger partial charge is 0.144 e. The Hall–Kier alpha value is -2.89. The molecule has 0 spiro atoms. The number of benzene rings is 2. The fourth-order valence-electron chi connectivity index (χ4n) is 2.41. The van der Waals surface area contributed by atoms with Crippen LogP contribution in [0.25, 0.3) is 10.9 Å². The molecular weight excluding hydrogens is 295 g/mol. The van der Waals surface area contributed by atoms with Gasteiger partial charge in [0.25, 0.3) is 0 Å². The maximum atomic E-state index is 13.4. The molecule has 118 valence electrons. The Morgan fingerprint density at radius 3 is 2.65 bits per heavy atom. The van der Waals surface area contributed by atoms with Crippen molar-refractivity contribution >= 4 is 28.1 Å². The minimum atomic E-state index is -0.231. The van der Waals surface area contributed by atoms with Gasteiger partial charge in [0.1, 0.15) is 23.7 Å². The van der Waals surface area contributed by atoms with E-state index in [1.54, 1.807) is 26.2 Å². The van der Waals surface area contributed by atoms with E-state index in [1.807, 2.05) is 19.2 Å². The number of fused-ring (bicyclic) bond motifs is 1. The molecule has 0 fully saturated rings. The maximum absolute atomic E-state index is 13.4. The zero-order valence-electron chi connectivity index (χ0n) is 13.1. The quantitative estimate of drug-likeness (QED) is 0.766. The summed E-state index contributed by atoms with van der Waals surface area (Å²) in [6.45, 7) is 1.72. The second-order valence-electron chi connectivity index (χ2n) is 5.13. The second kappa shape index (κ2) is 6.08. The van der Waals surface area contributed by atoms with Gasteiger partial charge in [-0.2, -0.15) is 0 Å². The summed E-state index contributed by atoms with van der Waals surface area (Å²) in [6, 6.07) is 8.63. The van der Waals surface area contributed by atoms with Gasteiger partial charge < -0.3 is 15.4 Å². The van der Waals surface area contributed by atoms with Crippen molar-refractivity contribution in [3.05, 3.63) is 48.0 Å². The minimum Gasteiger partial charge on any atom is -0.495 e. The van der Waals surface area contributed by atoms with Gasteiger partial charge in [-0.05, 0) is 36.8 Å². The lowest BCUT2D eigenvalue weighted by atomic mass is 10.1. The molecule has 3 rings (SSSR count). The first kappa shape index (κ1) is 15.0. The van der Waals surface area contributed by atoms with E-state index in [-0.39, 0.29) is 5.82 Å². The first-order valence-corrected chi connectivity index (χ1v) is 7.16. The summed E-state index contributed by atoms with van der Waals surface area (Å²) in [5.41, 5.74) is 2.95. The largest absolute Gasteiger partial charge is 0.495 e. The summed E-state index contributed by atoms with van der Waals surface area (Å²) in [6.07, 6.45) is 1.49. The topological polar surface area (TPSA) is 59.1 Å². The zero-order valence-corrected chi connectivity index (χ0v) is 13.1. The van der Waals surface area contributed by atoms with Crippen LogP contribution >= 0.6 is 0 Å². The lowest BCUT2D eigenvalue weighted by Crippen LogP contribution is -1.99. The summed E-state index contributed by atoms with van der Waals surface area (Å²) in [5, 5.41) is 7.15. The highest BCUT2D eigenvalue weighted by Crippen LogP contribution is 2.32. The van der Waals surface area contributed by atoms with Crippen LogP contribution in [0, 0.1) is 12.7 Å². The third-order valence-corrected chi connectivity index (χ3v) is 3.65. The van der Waals surface area contributed by atoms with Gasteiger partial charge in [-0.25, -0.2) is 14.4 Å². The predicted molar refractivity (Wildman–Crippen MR) is 90.1 cm³/mol. The number of aryl methyl sites for hydroxylation is 1. The highest BCUT2D eigenvalue weighted by Gasteiger charge is 2.10. The lowest BCUT2D eigenvalue weighted by Gasteiger charge is -2.13. The highest BCUT2D eigenvalue weighted by molar-refractivity contribution is 5.94. The van der Waals surface area contributed by atoms with Crippen molar-refractivity contribution < 1.29 is 9.13 Å². The molecule has 0 aliphatic heterocycles. The van der Waals surface area contributed by atoms with Crippen LogP contribution in [0.1, 0.15) is 5.56 Å². The normalized spacial score (nSPS) is 10.6. The maximum Gasteiger partial charge on any atom is 0.144 e. The molecular formula is C17H17FN4O. The average Bonchev–Trinajstić information content (AvgIpc) is 2.57. The molecule has 0 unspecified atom stereocenters. The van der Waals surface area contributed by atoms with Gasteiger partial charge >= 0.3 is 0 Å². The summed E-state index contributed by atoms with van der Waals surface area (Å²) in [5.74, 6) is 1.13. The van der Waals surface area contributed by atoms with Gasteiger partial charge in [0.05, 0.1) is 18.3 Å². The Kier molecular flexibility index (Phi) is 3.97. The van der Waals surface area contributed by atoms with Crippen molar-refractivity contribution in [1.82, 2.24) is 9.97 Å². The minimum absolute atomic E-state index is 0.231. The lowest BCUT2D eigenvalue weighted by molar-refractivity contribution is 0.417. The molecule has 6 heteroatoms. The van der Waals surface area contributed by atoms with Crippen LogP contribution < -0.4 is 15.4 Å². The molecule has 5 nitrogen and oxygen atoms in total. The van der Waals surface area contributed by atoms with Gasteiger partial charge in [-0.15, -0.1) is 0 Å². The molecule has 1 heterocycles. The molecule has 2 aromatic carbocycles. The molecule has 0 saturated carbocycles. The molecule has 0 aliphatic carbocycles. The molecule has 3 aromatic rings. The van der Waals surface area contributed by atoms with E-state index < -0.39 is 0 Å². The van der Waals surface area contributed by atoms with Crippen LogP contribution in [0.15, 0.2) is 36.7 Å². The van der Waals surface area contributed by atoms with Crippen molar-refractivity contribution in [1.29, 1.82) is 0 Å². The Bertz CT molecular complexity index is 867. The summed E-state index contributed by atoms with van der Waals surface area (Å²) >= 11 is 0. The Balaban J connectivity index is 2.08. The third-order valence-electron chi connectivity index (χ3n) is 3.65. The summed E-state index contributed by atoms with van der Waals surface area (Å²) < 4.78 is 18.7. The third kappa shape index (κ3) is 2.88. The number of ether oxygens (including phenoxy) is 1. The molecule has 0 atom stereocenters. The molecule has 0 bridgehead atoms. The van der Waals surface area contributed by atoms with Crippen molar-refractivity contribution in [2.75, 3.05) is 24.8 Å². The number of hydrogen-bond acceptors (Lipinski definition) is 5. The van der Waals surface area contributed by atoms with Gasteiger partial charge in [0.2, 0.25) is 0 Å². The SMILES string of the molecule is CNc1cc2c(Nc3ccc(F)c(C)c3)ncnc2cc1OC. The molecule has 0 amide bonds. The van der Waals surface area contributed by atoms with Crippen molar-refractivity contribution in [2.45, 2.75) is 6.92 Å². The monoisotopic (exact) mass is 312 g/mol. The molecule has 0 saturated heterocycles. The Labute approximate surface area is 133 Å². The van der Waals surface area contributed by atoms with E-state index in [9.17, 15) is 4.39 Å². The van der Waals surface area contributed by atoms with E-state index >= 15 is 0 Å². The zero-order chi connectivity index (χ0) is 16.4. The van der Waals surface area contributed by atoms with Crippen LogP contribution in [0.2, 0.25) is 0 Å². The number of methoxy groups -OCH3 is 1. The number of nitrogens with zero attached hydrogens (tertiary/aromatic N) is 2. The van der Waals surface area contributed by atoms with Crippen LogP contribution in [-0.2, 0) is 0 Å². The van der Waals surface area contributed by atoms with Gasteiger partial charge in [0.15, 0.2) is 0 Å². The number of aromatic nitrogens is 2.